The fourth-order valence-electron chi connectivity index (χ4n) is 3.04. The molecule has 1 unspecified atom stereocenters. The Bertz CT molecular complexity index is 444. The fraction of sp³-hybridized carbons (Fsp3) is 0.625. The van der Waals surface area contributed by atoms with Crippen LogP contribution in [-0.4, -0.2) is 36.7 Å². The lowest BCUT2D eigenvalue weighted by molar-refractivity contribution is 0.187. The Labute approximate surface area is 115 Å². The van der Waals surface area contributed by atoms with E-state index in [9.17, 15) is 0 Å². The highest BCUT2D eigenvalue weighted by Gasteiger charge is 2.25. The van der Waals surface area contributed by atoms with Crippen LogP contribution in [0.15, 0.2) is 18.2 Å². The number of rotatable bonds is 3. The number of ether oxygens (including phenoxy) is 1. The average molecular weight is 260 g/mol. The molecular formula is C16H24N2O. The van der Waals surface area contributed by atoms with E-state index in [1.165, 1.54) is 24.1 Å². The molecule has 2 aliphatic heterocycles. The number of nitrogens with one attached hydrogen (secondary N) is 1. The highest BCUT2D eigenvalue weighted by Crippen LogP contribution is 2.28. The van der Waals surface area contributed by atoms with Gasteiger partial charge in [0.05, 0.1) is 0 Å². The highest BCUT2D eigenvalue weighted by molar-refractivity contribution is 5.55. The van der Waals surface area contributed by atoms with Crippen LogP contribution in [0.4, 0.5) is 5.69 Å². The van der Waals surface area contributed by atoms with Gasteiger partial charge >= 0.3 is 0 Å². The molecule has 3 heteroatoms. The zero-order chi connectivity index (χ0) is 13.2. The molecule has 0 saturated carbocycles. The molecule has 1 aromatic rings. The lowest BCUT2D eigenvalue weighted by Gasteiger charge is -2.22. The van der Waals surface area contributed by atoms with Gasteiger partial charge in [0, 0.05) is 31.4 Å². The molecular weight excluding hydrogens is 236 g/mol. The summed E-state index contributed by atoms with van der Waals surface area (Å²) in [4.78, 5) is 2.49. The normalized spacial score (nSPS) is 23.2. The van der Waals surface area contributed by atoms with Crippen LogP contribution in [0.1, 0.15) is 32.3 Å². The van der Waals surface area contributed by atoms with Crippen LogP contribution in [-0.2, 0) is 6.42 Å². The Morgan fingerprint density at radius 1 is 1.37 bits per heavy atom. The SMILES string of the molecule is CC(C)N1CCC(Oc2ccc3c(c2)CCCN3)C1. The minimum Gasteiger partial charge on any atom is -0.489 e. The van der Waals surface area contributed by atoms with Crippen LogP contribution in [0.2, 0.25) is 0 Å². The molecule has 2 heterocycles. The van der Waals surface area contributed by atoms with E-state index in [2.05, 4.69) is 42.3 Å². The van der Waals surface area contributed by atoms with E-state index in [1.54, 1.807) is 0 Å². The second-order valence-electron chi connectivity index (χ2n) is 5.97. The lowest BCUT2D eigenvalue weighted by atomic mass is 10.0. The van der Waals surface area contributed by atoms with Gasteiger partial charge in [0.1, 0.15) is 11.9 Å². The largest absolute Gasteiger partial charge is 0.489 e. The van der Waals surface area contributed by atoms with E-state index >= 15 is 0 Å². The van der Waals surface area contributed by atoms with E-state index in [-0.39, 0.29) is 0 Å². The van der Waals surface area contributed by atoms with Gasteiger partial charge in [-0.2, -0.15) is 0 Å². The smallest absolute Gasteiger partial charge is 0.120 e. The molecule has 1 aromatic carbocycles. The Hall–Kier alpha value is -1.22. The first kappa shape index (κ1) is 12.8. The van der Waals surface area contributed by atoms with Crippen molar-refractivity contribution >= 4 is 5.69 Å². The van der Waals surface area contributed by atoms with Crippen molar-refractivity contribution in [2.45, 2.75) is 45.3 Å². The van der Waals surface area contributed by atoms with Gasteiger partial charge < -0.3 is 10.1 Å². The van der Waals surface area contributed by atoms with Gasteiger partial charge in [0.2, 0.25) is 0 Å². The van der Waals surface area contributed by atoms with Crippen LogP contribution >= 0.6 is 0 Å². The molecule has 0 aliphatic carbocycles. The molecule has 19 heavy (non-hydrogen) atoms. The van der Waals surface area contributed by atoms with Crippen molar-refractivity contribution in [1.82, 2.24) is 4.90 Å². The minimum absolute atomic E-state index is 0.358. The number of hydrogen-bond acceptors (Lipinski definition) is 3. The van der Waals surface area contributed by atoms with Gasteiger partial charge in [-0.3, -0.25) is 4.90 Å². The highest BCUT2D eigenvalue weighted by atomic mass is 16.5. The maximum Gasteiger partial charge on any atom is 0.120 e. The van der Waals surface area contributed by atoms with Crippen molar-refractivity contribution < 1.29 is 4.74 Å². The molecule has 1 N–H and O–H groups in total. The average Bonchev–Trinajstić information content (AvgIpc) is 2.87. The van der Waals surface area contributed by atoms with Crippen LogP contribution < -0.4 is 10.1 Å². The first-order valence-corrected chi connectivity index (χ1v) is 7.50. The molecule has 0 radical (unpaired) electrons. The van der Waals surface area contributed by atoms with Crippen molar-refractivity contribution in [3.8, 4) is 5.75 Å². The van der Waals surface area contributed by atoms with Gasteiger partial charge in [-0.1, -0.05) is 0 Å². The van der Waals surface area contributed by atoms with Crippen molar-refractivity contribution in [3.05, 3.63) is 23.8 Å². The summed E-state index contributed by atoms with van der Waals surface area (Å²) in [5.74, 6) is 1.04. The summed E-state index contributed by atoms with van der Waals surface area (Å²) in [5, 5.41) is 3.44. The minimum atomic E-state index is 0.358. The number of hydrogen-bond donors (Lipinski definition) is 1. The second kappa shape index (κ2) is 5.41. The van der Waals surface area contributed by atoms with Crippen molar-refractivity contribution in [3.63, 3.8) is 0 Å². The second-order valence-corrected chi connectivity index (χ2v) is 5.97. The van der Waals surface area contributed by atoms with Crippen LogP contribution in [0.25, 0.3) is 0 Å². The maximum atomic E-state index is 6.15. The summed E-state index contributed by atoms with van der Waals surface area (Å²) in [6.07, 6.45) is 3.90. The molecule has 1 atom stereocenters. The summed E-state index contributed by atoms with van der Waals surface area (Å²) < 4.78 is 6.15. The zero-order valence-electron chi connectivity index (χ0n) is 12.0. The third-order valence-corrected chi connectivity index (χ3v) is 4.22. The van der Waals surface area contributed by atoms with E-state index in [1.807, 2.05) is 0 Å². The topological polar surface area (TPSA) is 24.5 Å². The van der Waals surface area contributed by atoms with Gasteiger partial charge in [0.25, 0.3) is 0 Å². The number of aryl methyl sites for hydroxylation is 1. The Balaban J connectivity index is 1.64. The molecule has 3 nitrogen and oxygen atoms in total. The van der Waals surface area contributed by atoms with E-state index in [4.69, 9.17) is 4.74 Å². The number of nitrogens with zero attached hydrogens (tertiary/aromatic N) is 1. The number of fused-ring (bicyclic) bond motifs is 1. The maximum absolute atomic E-state index is 6.15. The molecule has 0 spiro atoms. The first-order chi connectivity index (χ1) is 9.22. The summed E-state index contributed by atoms with van der Waals surface area (Å²) in [6, 6.07) is 7.12. The molecule has 1 fully saturated rings. The van der Waals surface area contributed by atoms with Gasteiger partial charge in [-0.05, 0) is 56.9 Å². The summed E-state index contributed by atoms with van der Waals surface area (Å²) in [6.45, 7) is 7.83. The molecule has 0 bridgehead atoms. The van der Waals surface area contributed by atoms with Crippen LogP contribution in [0.5, 0.6) is 5.75 Å². The number of likely N-dealkylation sites (tertiary alicyclic amines) is 1. The summed E-state index contributed by atoms with van der Waals surface area (Å²) >= 11 is 0. The third-order valence-electron chi connectivity index (χ3n) is 4.22. The van der Waals surface area contributed by atoms with E-state index in [0.717, 1.165) is 31.8 Å². The van der Waals surface area contributed by atoms with Crippen molar-refractivity contribution in [1.29, 1.82) is 0 Å². The Kier molecular flexibility index (Phi) is 3.65. The van der Waals surface area contributed by atoms with Gasteiger partial charge in [-0.25, -0.2) is 0 Å². The van der Waals surface area contributed by atoms with E-state index < -0.39 is 0 Å². The standard InChI is InChI=1S/C16H24N2O/c1-12(2)18-9-7-15(11-18)19-14-5-6-16-13(10-14)4-3-8-17-16/h5-6,10,12,15,17H,3-4,7-9,11H2,1-2H3. The fourth-order valence-corrected chi connectivity index (χ4v) is 3.04. The molecule has 1 saturated heterocycles. The van der Waals surface area contributed by atoms with Crippen LogP contribution in [0, 0.1) is 0 Å². The number of anilines is 1. The summed E-state index contributed by atoms with van der Waals surface area (Å²) in [7, 11) is 0. The molecule has 0 aromatic heterocycles. The van der Waals surface area contributed by atoms with Crippen molar-refractivity contribution in [2.75, 3.05) is 25.0 Å². The third kappa shape index (κ3) is 2.86. The van der Waals surface area contributed by atoms with Gasteiger partial charge in [-0.15, -0.1) is 0 Å². The predicted molar refractivity (Wildman–Crippen MR) is 79.0 cm³/mol. The Morgan fingerprint density at radius 3 is 3.05 bits per heavy atom. The Morgan fingerprint density at radius 2 is 2.26 bits per heavy atom. The molecule has 104 valence electrons. The van der Waals surface area contributed by atoms with Crippen LogP contribution in [0.3, 0.4) is 0 Å². The predicted octanol–water partition coefficient (Wildman–Crippen LogP) is 2.91. The molecule has 0 amide bonds. The zero-order valence-corrected chi connectivity index (χ0v) is 12.0. The molecule has 2 aliphatic rings. The monoisotopic (exact) mass is 260 g/mol. The van der Waals surface area contributed by atoms with Gasteiger partial charge in [0.15, 0.2) is 0 Å². The van der Waals surface area contributed by atoms with E-state index in [0.29, 0.717) is 12.1 Å². The number of benzene rings is 1. The van der Waals surface area contributed by atoms with Crippen molar-refractivity contribution in [2.24, 2.45) is 0 Å². The molecule has 3 rings (SSSR count). The summed E-state index contributed by atoms with van der Waals surface area (Å²) in [5.41, 5.74) is 2.69. The lowest BCUT2D eigenvalue weighted by Crippen LogP contribution is -2.30. The first-order valence-electron chi connectivity index (χ1n) is 7.50. The quantitative estimate of drug-likeness (QED) is 0.904.